The molecule has 0 aliphatic rings. The molecule has 108 valence electrons. The van der Waals surface area contributed by atoms with Gasteiger partial charge in [-0.15, -0.1) is 0 Å². The van der Waals surface area contributed by atoms with Crippen molar-refractivity contribution < 1.29 is 5.11 Å². The van der Waals surface area contributed by atoms with Crippen LogP contribution < -0.4 is 5.32 Å². The molecule has 0 amide bonds. The minimum atomic E-state index is -0.152. The van der Waals surface area contributed by atoms with Crippen LogP contribution in [0.1, 0.15) is 38.1 Å². The van der Waals surface area contributed by atoms with Crippen molar-refractivity contribution in [3.05, 3.63) is 47.8 Å². The molecule has 20 heavy (non-hydrogen) atoms. The van der Waals surface area contributed by atoms with E-state index in [1.165, 1.54) is 0 Å². The summed E-state index contributed by atoms with van der Waals surface area (Å²) in [5.41, 5.74) is 3.01. The molecule has 0 saturated carbocycles. The van der Waals surface area contributed by atoms with Crippen molar-refractivity contribution in [2.24, 2.45) is 7.05 Å². The number of aromatic nitrogens is 2. The topological polar surface area (TPSA) is 50.1 Å². The second-order valence-electron chi connectivity index (χ2n) is 6.10. The van der Waals surface area contributed by atoms with E-state index >= 15 is 0 Å². The number of para-hydroxylation sites is 1. The summed E-state index contributed by atoms with van der Waals surface area (Å²) in [7, 11) is 1.91. The number of aliphatic hydroxyl groups is 1. The number of rotatable bonds is 4. The van der Waals surface area contributed by atoms with Gasteiger partial charge in [0.1, 0.15) is 0 Å². The van der Waals surface area contributed by atoms with Gasteiger partial charge in [-0.25, -0.2) is 0 Å². The van der Waals surface area contributed by atoms with Crippen molar-refractivity contribution in [1.82, 2.24) is 9.78 Å². The Morgan fingerprint density at radius 3 is 2.45 bits per heavy atom. The Morgan fingerprint density at radius 2 is 1.90 bits per heavy atom. The van der Waals surface area contributed by atoms with Crippen molar-refractivity contribution in [2.45, 2.75) is 32.2 Å². The highest BCUT2D eigenvalue weighted by molar-refractivity contribution is 5.46. The lowest BCUT2D eigenvalue weighted by molar-refractivity contribution is 0.275. The highest BCUT2D eigenvalue weighted by atomic mass is 16.3. The maximum atomic E-state index is 9.74. The van der Waals surface area contributed by atoms with E-state index in [0.29, 0.717) is 0 Å². The van der Waals surface area contributed by atoms with E-state index in [9.17, 15) is 5.11 Å². The van der Waals surface area contributed by atoms with Crippen molar-refractivity contribution >= 4 is 5.69 Å². The maximum absolute atomic E-state index is 9.74. The number of hydrogen-bond donors (Lipinski definition) is 2. The molecule has 2 aromatic rings. The van der Waals surface area contributed by atoms with Gasteiger partial charge in [-0.3, -0.25) is 4.68 Å². The molecule has 4 nitrogen and oxygen atoms in total. The van der Waals surface area contributed by atoms with E-state index < -0.39 is 0 Å². The van der Waals surface area contributed by atoms with Gasteiger partial charge >= 0.3 is 0 Å². The third-order valence-corrected chi connectivity index (χ3v) is 3.24. The largest absolute Gasteiger partial charge is 0.394 e. The van der Waals surface area contributed by atoms with Gasteiger partial charge in [0, 0.05) is 29.9 Å². The molecule has 0 aliphatic heterocycles. The number of aliphatic hydroxyl groups excluding tert-OH is 1. The lowest BCUT2D eigenvalue weighted by atomic mass is 9.87. The fourth-order valence-corrected chi connectivity index (χ4v) is 2.30. The fourth-order valence-electron chi connectivity index (χ4n) is 2.30. The summed E-state index contributed by atoms with van der Waals surface area (Å²) in [6.45, 7) is 6.44. The van der Waals surface area contributed by atoms with Gasteiger partial charge in [0.2, 0.25) is 0 Å². The molecule has 1 heterocycles. The van der Waals surface area contributed by atoms with Crippen LogP contribution in [0.3, 0.4) is 0 Å². The molecule has 0 spiro atoms. The van der Waals surface area contributed by atoms with Crippen LogP contribution in [-0.4, -0.2) is 21.5 Å². The fraction of sp³-hybridized carbons (Fsp3) is 0.438. The SMILES string of the molecule is Cn1cc(C(CO)Nc2ccccc2)c(C(C)(C)C)n1. The zero-order valence-corrected chi connectivity index (χ0v) is 12.6. The van der Waals surface area contributed by atoms with Gasteiger partial charge < -0.3 is 10.4 Å². The van der Waals surface area contributed by atoms with E-state index in [1.807, 2.05) is 48.3 Å². The first-order chi connectivity index (χ1) is 9.41. The van der Waals surface area contributed by atoms with Gasteiger partial charge in [-0.2, -0.15) is 5.10 Å². The Labute approximate surface area is 120 Å². The Balaban J connectivity index is 2.33. The van der Waals surface area contributed by atoms with E-state index in [2.05, 4.69) is 31.2 Å². The highest BCUT2D eigenvalue weighted by Gasteiger charge is 2.26. The Kier molecular flexibility index (Phi) is 4.14. The first kappa shape index (κ1) is 14.6. The number of nitrogens with zero attached hydrogens (tertiary/aromatic N) is 2. The van der Waals surface area contributed by atoms with Gasteiger partial charge in [0.05, 0.1) is 18.3 Å². The van der Waals surface area contributed by atoms with Crippen LogP contribution in [0, 0.1) is 0 Å². The molecule has 1 atom stereocenters. The van der Waals surface area contributed by atoms with Crippen molar-refractivity contribution in [3.63, 3.8) is 0 Å². The summed E-state index contributed by atoms with van der Waals surface area (Å²) < 4.78 is 1.81. The smallest absolute Gasteiger partial charge is 0.0778 e. The standard InChI is InChI=1S/C16H23N3O/c1-16(2,3)15-13(10-19(4)18-15)14(11-20)17-12-8-6-5-7-9-12/h5-10,14,17,20H,11H2,1-4H3. The molecule has 0 saturated heterocycles. The van der Waals surface area contributed by atoms with Gasteiger partial charge in [0.25, 0.3) is 0 Å². The molecule has 0 aliphatic carbocycles. The van der Waals surface area contributed by atoms with E-state index in [4.69, 9.17) is 0 Å². The number of aryl methyl sites for hydroxylation is 1. The lowest BCUT2D eigenvalue weighted by Gasteiger charge is -2.23. The Morgan fingerprint density at radius 1 is 1.25 bits per heavy atom. The minimum Gasteiger partial charge on any atom is -0.394 e. The monoisotopic (exact) mass is 273 g/mol. The van der Waals surface area contributed by atoms with Crippen LogP contribution in [0.2, 0.25) is 0 Å². The molecule has 2 N–H and O–H groups in total. The lowest BCUT2D eigenvalue weighted by Crippen LogP contribution is -2.21. The number of nitrogens with one attached hydrogen (secondary N) is 1. The predicted octanol–water partition coefficient (Wildman–Crippen LogP) is 2.86. The highest BCUT2D eigenvalue weighted by Crippen LogP contribution is 2.30. The molecule has 0 radical (unpaired) electrons. The maximum Gasteiger partial charge on any atom is 0.0778 e. The zero-order valence-electron chi connectivity index (χ0n) is 12.6. The minimum absolute atomic E-state index is 0.0314. The van der Waals surface area contributed by atoms with E-state index in [0.717, 1.165) is 16.9 Å². The molecular weight excluding hydrogens is 250 g/mol. The van der Waals surface area contributed by atoms with E-state index in [-0.39, 0.29) is 18.1 Å². The molecule has 2 rings (SSSR count). The second kappa shape index (κ2) is 5.67. The molecule has 0 bridgehead atoms. The van der Waals surface area contributed by atoms with Crippen LogP contribution in [-0.2, 0) is 12.5 Å². The van der Waals surface area contributed by atoms with Crippen LogP contribution in [0.5, 0.6) is 0 Å². The average molecular weight is 273 g/mol. The number of anilines is 1. The van der Waals surface area contributed by atoms with Gasteiger partial charge in [0.15, 0.2) is 0 Å². The molecule has 0 fully saturated rings. The van der Waals surface area contributed by atoms with Gasteiger partial charge in [-0.1, -0.05) is 39.0 Å². The first-order valence-corrected chi connectivity index (χ1v) is 6.88. The third-order valence-electron chi connectivity index (χ3n) is 3.24. The number of hydrogen-bond acceptors (Lipinski definition) is 3. The molecule has 1 unspecified atom stereocenters. The van der Waals surface area contributed by atoms with Gasteiger partial charge in [-0.05, 0) is 12.1 Å². The summed E-state index contributed by atoms with van der Waals surface area (Å²) in [6, 6.07) is 9.77. The first-order valence-electron chi connectivity index (χ1n) is 6.88. The third kappa shape index (κ3) is 3.20. The number of benzene rings is 1. The molecular formula is C16H23N3O. The summed E-state index contributed by atoms with van der Waals surface area (Å²) in [6.07, 6.45) is 1.98. The normalized spacial score (nSPS) is 13.2. The van der Waals surface area contributed by atoms with Crippen molar-refractivity contribution in [1.29, 1.82) is 0 Å². The molecule has 1 aromatic heterocycles. The summed E-state index contributed by atoms with van der Waals surface area (Å²) in [4.78, 5) is 0. The Hall–Kier alpha value is -1.81. The quantitative estimate of drug-likeness (QED) is 0.900. The van der Waals surface area contributed by atoms with Crippen molar-refractivity contribution in [2.75, 3.05) is 11.9 Å². The Bertz CT molecular complexity index is 555. The van der Waals surface area contributed by atoms with Crippen LogP contribution >= 0.6 is 0 Å². The second-order valence-corrected chi connectivity index (χ2v) is 6.10. The van der Waals surface area contributed by atoms with Crippen LogP contribution in [0.15, 0.2) is 36.5 Å². The van der Waals surface area contributed by atoms with Crippen molar-refractivity contribution in [3.8, 4) is 0 Å². The molecule has 4 heteroatoms. The summed E-state index contributed by atoms with van der Waals surface area (Å²) >= 11 is 0. The predicted molar refractivity (Wildman–Crippen MR) is 81.8 cm³/mol. The zero-order chi connectivity index (χ0) is 14.8. The van der Waals surface area contributed by atoms with Crippen LogP contribution in [0.25, 0.3) is 0 Å². The summed E-state index contributed by atoms with van der Waals surface area (Å²) in [5.74, 6) is 0. The molecule has 1 aromatic carbocycles. The average Bonchev–Trinajstić information content (AvgIpc) is 2.79. The van der Waals surface area contributed by atoms with E-state index in [1.54, 1.807) is 0 Å². The van der Waals surface area contributed by atoms with Crippen LogP contribution in [0.4, 0.5) is 5.69 Å². The summed E-state index contributed by atoms with van der Waals surface area (Å²) in [5, 5.41) is 17.7.